The van der Waals surface area contributed by atoms with Gasteiger partial charge in [-0.05, 0) is 42.9 Å². The molecule has 0 bridgehead atoms. The van der Waals surface area contributed by atoms with Gasteiger partial charge in [0.05, 0.1) is 5.16 Å². The molecule has 3 aromatic rings. The van der Waals surface area contributed by atoms with Crippen molar-refractivity contribution >= 4 is 13.2 Å². The van der Waals surface area contributed by atoms with Crippen molar-refractivity contribution in [1.82, 2.24) is 0 Å². The summed E-state index contributed by atoms with van der Waals surface area (Å²) in [7, 11) is -0.370. The van der Waals surface area contributed by atoms with Crippen molar-refractivity contribution in [3.05, 3.63) is 113 Å². The van der Waals surface area contributed by atoms with E-state index in [0.717, 1.165) is 0 Å². The molecule has 26 heavy (non-hydrogen) atoms. The number of hydrogen-bond acceptors (Lipinski definition) is 0. The molecule has 1 unspecified atom stereocenters. The van der Waals surface area contributed by atoms with Gasteiger partial charge in [-0.3, -0.25) is 0 Å². The van der Waals surface area contributed by atoms with E-state index in [-0.39, 0.29) is 13.1 Å². The summed E-state index contributed by atoms with van der Waals surface area (Å²) in [6.45, 7) is 4.58. The maximum Gasteiger partial charge on any atom is 0.0653 e. The van der Waals surface area contributed by atoms with E-state index in [9.17, 15) is 0 Å². The number of hydrogen-bond donors (Lipinski definition) is 0. The molecule has 0 nitrogen and oxygen atoms in total. The Morgan fingerprint density at radius 3 is 1.62 bits per heavy atom. The molecule has 0 saturated carbocycles. The zero-order chi connectivity index (χ0) is 18.0. The fourth-order valence-corrected chi connectivity index (χ4v) is 8.01. The molecule has 0 spiro atoms. The van der Waals surface area contributed by atoms with Crippen molar-refractivity contribution in [3.8, 4) is 0 Å². The van der Waals surface area contributed by atoms with E-state index >= 15 is 0 Å². The summed E-state index contributed by atoms with van der Waals surface area (Å²) in [5.41, 5.74) is 5.97. The normalized spacial score (nSPS) is 18.7. The van der Waals surface area contributed by atoms with Gasteiger partial charge in [0.25, 0.3) is 0 Å². The van der Waals surface area contributed by atoms with E-state index in [2.05, 4.69) is 105 Å². The van der Waals surface area contributed by atoms with E-state index in [4.69, 9.17) is 0 Å². The van der Waals surface area contributed by atoms with Gasteiger partial charge >= 0.3 is 0 Å². The summed E-state index contributed by atoms with van der Waals surface area (Å²) < 4.78 is 0. The standard InChI is InChI=1S/C25H25P/c1-20(2)24-18-19-26(23-16-10-5-11-17-23)25(24,21-12-6-3-7-13-21)22-14-8-4-9-15-22/h3-17H,18-19H2,1-2H3. The highest BCUT2D eigenvalue weighted by Gasteiger charge is 2.49. The predicted molar refractivity (Wildman–Crippen MR) is 115 cm³/mol. The third kappa shape index (κ3) is 2.74. The number of rotatable bonds is 3. The molecule has 0 N–H and O–H groups in total. The Morgan fingerprint density at radius 2 is 1.15 bits per heavy atom. The minimum absolute atomic E-state index is 0.0158. The van der Waals surface area contributed by atoms with Crippen molar-refractivity contribution in [2.75, 3.05) is 6.16 Å². The lowest BCUT2D eigenvalue weighted by Gasteiger charge is -2.39. The van der Waals surface area contributed by atoms with Crippen LogP contribution in [0, 0.1) is 0 Å². The van der Waals surface area contributed by atoms with Gasteiger partial charge < -0.3 is 0 Å². The van der Waals surface area contributed by atoms with E-state index in [1.807, 2.05) is 0 Å². The van der Waals surface area contributed by atoms with Gasteiger partial charge in [0.1, 0.15) is 0 Å². The van der Waals surface area contributed by atoms with E-state index in [0.29, 0.717) is 0 Å². The topological polar surface area (TPSA) is 0 Å². The first-order valence-electron chi connectivity index (χ1n) is 9.35. The minimum atomic E-state index is -0.370. The number of allylic oxidation sites excluding steroid dienone is 2. The average Bonchev–Trinajstić information content (AvgIpc) is 3.12. The highest BCUT2D eigenvalue weighted by molar-refractivity contribution is 7.67. The molecule has 1 atom stereocenters. The van der Waals surface area contributed by atoms with Gasteiger partial charge in [-0.25, -0.2) is 0 Å². The first-order valence-corrected chi connectivity index (χ1v) is 10.9. The minimum Gasteiger partial charge on any atom is -0.0756 e. The molecule has 1 aliphatic heterocycles. The van der Waals surface area contributed by atoms with Crippen LogP contribution in [0.2, 0.25) is 0 Å². The lowest BCUT2D eigenvalue weighted by molar-refractivity contribution is 0.833. The van der Waals surface area contributed by atoms with Crippen LogP contribution < -0.4 is 5.30 Å². The van der Waals surface area contributed by atoms with Crippen LogP contribution in [0.4, 0.5) is 0 Å². The summed E-state index contributed by atoms with van der Waals surface area (Å²) in [5.74, 6) is 0. The van der Waals surface area contributed by atoms with Crippen LogP contribution in [0.15, 0.2) is 102 Å². The molecule has 1 saturated heterocycles. The SMILES string of the molecule is CC(C)=C1CCP(c2ccccc2)C1(c1ccccc1)c1ccccc1. The third-order valence-electron chi connectivity index (χ3n) is 5.48. The van der Waals surface area contributed by atoms with Crippen LogP contribution in [0.5, 0.6) is 0 Å². The lowest BCUT2D eigenvalue weighted by Crippen LogP contribution is -2.28. The van der Waals surface area contributed by atoms with Crippen molar-refractivity contribution in [1.29, 1.82) is 0 Å². The van der Waals surface area contributed by atoms with Gasteiger partial charge in [-0.15, -0.1) is 0 Å². The van der Waals surface area contributed by atoms with Crippen molar-refractivity contribution in [2.45, 2.75) is 25.4 Å². The Balaban J connectivity index is 2.06. The van der Waals surface area contributed by atoms with E-state index < -0.39 is 0 Å². The molecular weight excluding hydrogens is 331 g/mol. The van der Waals surface area contributed by atoms with Crippen LogP contribution in [-0.4, -0.2) is 6.16 Å². The predicted octanol–water partition coefficient (Wildman–Crippen LogP) is 6.48. The van der Waals surface area contributed by atoms with Crippen LogP contribution >= 0.6 is 7.92 Å². The van der Waals surface area contributed by atoms with Crippen molar-refractivity contribution < 1.29 is 0 Å². The quantitative estimate of drug-likeness (QED) is 0.372. The second-order valence-electron chi connectivity index (χ2n) is 7.16. The molecule has 4 rings (SSSR count). The monoisotopic (exact) mass is 356 g/mol. The van der Waals surface area contributed by atoms with Crippen LogP contribution in [0.3, 0.4) is 0 Å². The highest BCUT2D eigenvalue weighted by atomic mass is 31.1. The second-order valence-corrected chi connectivity index (χ2v) is 9.65. The fraction of sp³-hybridized carbons (Fsp3) is 0.200. The maximum atomic E-state index is 2.33. The largest absolute Gasteiger partial charge is 0.0756 e. The zero-order valence-corrected chi connectivity index (χ0v) is 16.4. The van der Waals surface area contributed by atoms with E-state index in [1.54, 1.807) is 5.57 Å². The Morgan fingerprint density at radius 1 is 0.692 bits per heavy atom. The highest BCUT2D eigenvalue weighted by Crippen LogP contribution is 2.69. The summed E-state index contributed by atoms with van der Waals surface area (Å²) in [4.78, 5) is 0. The van der Waals surface area contributed by atoms with Gasteiger partial charge in [0, 0.05) is 0 Å². The first-order chi connectivity index (χ1) is 12.7. The van der Waals surface area contributed by atoms with Gasteiger partial charge in [0.15, 0.2) is 0 Å². The molecule has 3 aromatic carbocycles. The van der Waals surface area contributed by atoms with Crippen molar-refractivity contribution in [3.63, 3.8) is 0 Å². The Hall–Kier alpha value is -2.17. The molecule has 130 valence electrons. The molecule has 0 aromatic heterocycles. The van der Waals surface area contributed by atoms with Gasteiger partial charge in [-0.1, -0.05) is 110 Å². The smallest absolute Gasteiger partial charge is 0.0653 e. The molecular formula is C25H25P. The maximum absolute atomic E-state index is 2.33. The van der Waals surface area contributed by atoms with E-state index in [1.165, 1.54) is 34.6 Å². The average molecular weight is 356 g/mol. The molecule has 0 amide bonds. The summed E-state index contributed by atoms with van der Waals surface area (Å²) in [5, 5.41) is 1.49. The molecule has 0 radical (unpaired) electrons. The Bertz CT molecular complexity index is 851. The van der Waals surface area contributed by atoms with Gasteiger partial charge in [-0.2, -0.15) is 0 Å². The lowest BCUT2D eigenvalue weighted by atomic mass is 9.81. The third-order valence-corrected chi connectivity index (χ3v) is 8.67. The summed E-state index contributed by atoms with van der Waals surface area (Å²) >= 11 is 0. The van der Waals surface area contributed by atoms with Crippen LogP contribution in [-0.2, 0) is 5.16 Å². The van der Waals surface area contributed by atoms with Crippen LogP contribution in [0.25, 0.3) is 0 Å². The summed E-state index contributed by atoms with van der Waals surface area (Å²) in [6, 6.07) is 33.5. The fourth-order valence-electron chi connectivity index (χ4n) is 4.46. The Kier molecular flexibility index (Phi) is 4.79. The van der Waals surface area contributed by atoms with Crippen LogP contribution in [0.1, 0.15) is 31.4 Å². The molecule has 1 fully saturated rings. The molecule has 1 heteroatoms. The second kappa shape index (κ2) is 7.22. The zero-order valence-electron chi connectivity index (χ0n) is 15.5. The number of benzene rings is 3. The first kappa shape index (κ1) is 17.3. The summed E-state index contributed by atoms with van der Waals surface area (Å²) in [6.07, 6.45) is 2.44. The van der Waals surface area contributed by atoms with Gasteiger partial charge in [0.2, 0.25) is 0 Å². The molecule has 1 aliphatic rings. The van der Waals surface area contributed by atoms with Crippen molar-refractivity contribution in [2.24, 2.45) is 0 Å². The molecule has 0 aliphatic carbocycles. The Labute approximate surface area is 158 Å². The molecule has 1 heterocycles.